The molecule has 116 valence electrons. The Labute approximate surface area is 135 Å². The number of hydrogen-bond donors (Lipinski definition) is 3. The summed E-state index contributed by atoms with van der Waals surface area (Å²) in [6.45, 7) is 3.75. The lowest BCUT2D eigenvalue weighted by Gasteiger charge is -2.16. The van der Waals surface area contributed by atoms with Crippen molar-refractivity contribution in [3.05, 3.63) is 35.4 Å². The second kappa shape index (κ2) is 9.00. The van der Waals surface area contributed by atoms with E-state index in [1.165, 1.54) is 17.3 Å². The van der Waals surface area contributed by atoms with Gasteiger partial charge in [-0.3, -0.25) is 4.79 Å². The number of carbonyl (C=O) groups is 2. The molecule has 0 saturated heterocycles. The van der Waals surface area contributed by atoms with Crippen LogP contribution < -0.4 is 5.32 Å². The lowest BCUT2D eigenvalue weighted by atomic mass is 10.2. The van der Waals surface area contributed by atoms with Gasteiger partial charge in [-0.05, 0) is 12.5 Å². The minimum absolute atomic E-state index is 0.270. The van der Waals surface area contributed by atoms with Crippen molar-refractivity contribution in [2.75, 3.05) is 11.5 Å². The average molecular weight is 327 g/mol. The van der Waals surface area contributed by atoms with Gasteiger partial charge in [-0.1, -0.05) is 36.8 Å². The molecule has 2 N–H and O–H groups in total. The molecule has 0 unspecified atom stereocenters. The van der Waals surface area contributed by atoms with Crippen molar-refractivity contribution in [2.24, 2.45) is 5.92 Å². The van der Waals surface area contributed by atoms with Crippen LogP contribution >= 0.6 is 24.4 Å². The van der Waals surface area contributed by atoms with E-state index >= 15 is 0 Å². The highest BCUT2D eigenvalue weighted by Gasteiger charge is 2.22. The Hall–Kier alpha value is -1.14. The topological polar surface area (TPSA) is 66.4 Å². The Morgan fingerprint density at radius 2 is 1.95 bits per heavy atom. The van der Waals surface area contributed by atoms with Crippen LogP contribution in [0, 0.1) is 12.8 Å². The van der Waals surface area contributed by atoms with Crippen LogP contribution in [-0.2, 0) is 15.3 Å². The zero-order chi connectivity index (χ0) is 15.8. The van der Waals surface area contributed by atoms with Gasteiger partial charge in [0, 0.05) is 23.2 Å². The van der Waals surface area contributed by atoms with Crippen LogP contribution in [0.1, 0.15) is 18.1 Å². The van der Waals surface area contributed by atoms with Gasteiger partial charge >= 0.3 is 5.97 Å². The SMILES string of the molecule is Cc1ccc(CSC[C@@H](NC(=O)[C@H](C)CS)C(=O)O)cc1. The van der Waals surface area contributed by atoms with E-state index < -0.39 is 12.0 Å². The Morgan fingerprint density at radius 1 is 1.33 bits per heavy atom. The van der Waals surface area contributed by atoms with Crippen LogP contribution in [0.2, 0.25) is 0 Å². The molecule has 0 spiro atoms. The number of hydrogen-bond acceptors (Lipinski definition) is 4. The number of carboxylic acids is 1. The molecule has 0 radical (unpaired) electrons. The molecule has 0 aromatic heterocycles. The first-order chi connectivity index (χ1) is 9.93. The van der Waals surface area contributed by atoms with E-state index in [-0.39, 0.29) is 11.8 Å². The highest BCUT2D eigenvalue weighted by Crippen LogP contribution is 2.14. The molecule has 0 fully saturated rings. The Balaban J connectivity index is 2.46. The number of thioether (sulfide) groups is 1. The van der Waals surface area contributed by atoms with Crippen molar-refractivity contribution in [1.29, 1.82) is 0 Å². The predicted molar refractivity (Wildman–Crippen MR) is 89.9 cm³/mol. The zero-order valence-electron chi connectivity index (χ0n) is 12.2. The molecule has 1 rings (SSSR count). The molecule has 4 nitrogen and oxygen atoms in total. The van der Waals surface area contributed by atoms with Crippen molar-refractivity contribution >= 4 is 36.3 Å². The van der Waals surface area contributed by atoms with Gasteiger partial charge in [0.05, 0.1) is 0 Å². The lowest BCUT2D eigenvalue weighted by Crippen LogP contribution is -2.45. The maximum atomic E-state index is 11.7. The van der Waals surface area contributed by atoms with Gasteiger partial charge in [0.15, 0.2) is 0 Å². The summed E-state index contributed by atoms with van der Waals surface area (Å²) in [5, 5.41) is 11.7. The van der Waals surface area contributed by atoms with Crippen LogP contribution in [0.15, 0.2) is 24.3 Å². The first kappa shape index (κ1) is 17.9. The van der Waals surface area contributed by atoms with Gasteiger partial charge in [-0.15, -0.1) is 0 Å². The number of carboxylic acid groups (broad SMARTS) is 1. The average Bonchev–Trinajstić information content (AvgIpc) is 2.46. The van der Waals surface area contributed by atoms with Crippen molar-refractivity contribution in [1.82, 2.24) is 5.32 Å². The third kappa shape index (κ3) is 6.44. The summed E-state index contributed by atoms with van der Waals surface area (Å²) >= 11 is 5.54. The Kier molecular flexibility index (Phi) is 7.67. The fraction of sp³-hybridized carbons (Fsp3) is 0.467. The minimum Gasteiger partial charge on any atom is -0.480 e. The molecule has 1 aromatic rings. The van der Waals surface area contributed by atoms with Crippen molar-refractivity contribution < 1.29 is 14.7 Å². The monoisotopic (exact) mass is 327 g/mol. The molecule has 0 bridgehead atoms. The number of aryl methyl sites for hydroxylation is 1. The molecule has 21 heavy (non-hydrogen) atoms. The summed E-state index contributed by atoms with van der Waals surface area (Å²) in [5.41, 5.74) is 2.34. The van der Waals surface area contributed by atoms with Gasteiger partial charge in [0.1, 0.15) is 6.04 Å². The molecule has 0 saturated carbocycles. The number of rotatable bonds is 8. The molecule has 6 heteroatoms. The fourth-order valence-corrected chi connectivity index (χ4v) is 2.72. The number of aliphatic carboxylic acids is 1. The maximum Gasteiger partial charge on any atom is 0.327 e. The third-order valence-corrected chi connectivity index (χ3v) is 4.66. The summed E-state index contributed by atoms with van der Waals surface area (Å²) in [6.07, 6.45) is 0. The van der Waals surface area contributed by atoms with Gasteiger partial charge in [0.25, 0.3) is 0 Å². The summed E-state index contributed by atoms with van der Waals surface area (Å²) < 4.78 is 0. The van der Waals surface area contributed by atoms with E-state index in [0.29, 0.717) is 11.5 Å². The van der Waals surface area contributed by atoms with E-state index in [9.17, 15) is 9.59 Å². The molecular weight excluding hydrogens is 306 g/mol. The summed E-state index contributed by atoms with van der Waals surface area (Å²) in [5.74, 6) is -0.109. The van der Waals surface area contributed by atoms with E-state index in [1.54, 1.807) is 6.92 Å². The number of carbonyl (C=O) groups excluding carboxylic acids is 1. The van der Waals surface area contributed by atoms with Crippen LogP contribution in [0.25, 0.3) is 0 Å². The predicted octanol–water partition coefficient (Wildman–Crippen LogP) is 2.36. The molecular formula is C15H21NO3S2. The first-order valence-corrected chi connectivity index (χ1v) is 8.50. The van der Waals surface area contributed by atoms with Crippen LogP contribution in [0.3, 0.4) is 0 Å². The van der Waals surface area contributed by atoms with Crippen LogP contribution in [0.5, 0.6) is 0 Å². The van der Waals surface area contributed by atoms with E-state index in [1.807, 2.05) is 31.2 Å². The van der Waals surface area contributed by atoms with Crippen LogP contribution in [-0.4, -0.2) is 34.5 Å². The van der Waals surface area contributed by atoms with Gasteiger partial charge in [-0.25, -0.2) is 4.79 Å². The van der Waals surface area contributed by atoms with Crippen molar-refractivity contribution in [2.45, 2.75) is 25.6 Å². The lowest BCUT2D eigenvalue weighted by molar-refractivity contribution is -0.141. The quantitative estimate of drug-likeness (QED) is 0.641. The summed E-state index contributed by atoms with van der Waals surface area (Å²) in [7, 11) is 0. The molecule has 0 aliphatic rings. The van der Waals surface area contributed by atoms with Gasteiger partial charge in [-0.2, -0.15) is 24.4 Å². The fourth-order valence-electron chi connectivity index (χ4n) is 1.55. The van der Waals surface area contributed by atoms with Crippen LogP contribution in [0.4, 0.5) is 0 Å². The second-order valence-electron chi connectivity index (χ2n) is 4.98. The minimum atomic E-state index is -1.01. The smallest absolute Gasteiger partial charge is 0.327 e. The molecule has 0 aliphatic heterocycles. The Morgan fingerprint density at radius 3 is 2.48 bits per heavy atom. The number of nitrogens with one attached hydrogen (secondary N) is 1. The first-order valence-electron chi connectivity index (χ1n) is 6.71. The second-order valence-corrected chi connectivity index (χ2v) is 6.38. The number of thiol groups is 1. The van der Waals surface area contributed by atoms with E-state index in [2.05, 4.69) is 17.9 Å². The molecule has 0 heterocycles. The van der Waals surface area contributed by atoms with Gasteiger partial charge < -0.3 is 10.4 Å². The van der Waals surface area contributed by atoms with E-state index in [4.69, 9.17) is 5.11 Å². The van der Waals surface area contributed by atoms with E-state index in [0.717, 1.165) is 11.3 Å². The van der Waals surface area contributed by atoms with Crippen molar-refractivity contribution in [3.8, 4) is 0 Å². The standard InChI is InChI=1S/C15H21NO3S2/c1-10-3-5-12(6-4-10)8-21-9-13(15(18)19)16-14(17)11(2)7-20/h3-6,11,13,20H,7-9H2,1-2H3,(H,16,17)(H,18,19)/t11-,13-/m1/s1. The summed E-state index contributed by atoms with van der Waals surface area (Å²) in [6, 6.07) is 7.25. The largest absolute Gasteiger partial charge is 0.480 e. The normalized spacial score (nSPS) is 13.5. The number of benzene rings is 1. The summed E-state index contributed by atoms with van der Waals surface area (Å²) in [4.78, 5) is 22.9. The third-order valence-electron chi connectivity index (χ3n) is 3.01. The maximum absolute atomic E-state index is 11.7. The molecule has 2 atom stereocenters. The number of amides is 1. The molecule has 0 aliphatic carbocycles. The van der Waals surface area contributed by atoms with Crippen molar-refractivity contribution in [3.63, 3.8) is 0 Å². The molecule has 1 aromatic carbocycles. The zero-order valence-corrected chi connectivity index (χ0v) is 13.9. The highest BCUT2D eigenvalue weighted by atomic mass is 32.2. The van der Waals surface area contributed by atoms with Gasteiger partial charge in [0.2, 0.25) is 5.91 Å². The Bertz CT molecular complexity index is 476. The highest BCUT2D eigenvalue weighted by molar-refractivity contribution is 7.98. The molecule has 1 amide bonds.